The van der Waals surface area contributed by atoms with E-state index < -0.39 is 5.41 Å². The van der Waals surface area contributed by atoms with Crippen LogP contribution in [0.5, 0.6) is 0 Å². The van der Waals surface area contributed by atoms with Gasteiger partial charge in [-0.1, -0.05) is 140 Å². The SMILES string of the molecule is CCCCCCCCCCCCCCCCCCOCCOCCOCCOCCOCCOCCOCCOCCOCCOC(=O)C(C)(C)CC(CC)c1ccccc1. The minimum atomic E-state index is -0.567. The topological polar surface area (TPSA) is 109 Å². The Morgan fingerprint density at radius 3 is 1.03 bits per heavy atom. The van der Waals surface area contributed by atoms with E-state index in [0.717, 1.165) is 25.9 Å². The zero-order valence-corrected chi connectivity index (χ0v) is 39.6. The Labute approximate surface area is 373 Å². The first-order valence-corrected chi connectivity index (χ1v) is 24.4. The number of unbranched alkanes of at least 4 members (excludes halogenated alkanes) is 15. The molecular weight excluding hydrogens is 777 g/mol. The van der Waals surface area contributed by atoms with Crippen molar-refractivity contribution in [3.63, 3.8) is 0 Å². The molecule has 0 N–H and O–H groups in total. The summed E-state index contributed by atoms with van der Waals surface area (Å²) >= 11 is 0. The van der Waals surface area contributed by atoms with Gasteiger partial charge in [-0.25, -0.2) is 0 Å². The second-order valence-electron chi connectivity index (χ2n) is 16.6. The molecule has 1 atom stereocenters. The summed E-state index contributed by atoms with van der Waals surface area (Å²) in [6.45, 7) is 18.1. The van der Waals surface area contributed by atoms with Crippen molar-refractivity contribution in [2.24, 2.45) is 5.41 Å². The van der Waals surface area contributed by atoms with E-state index in [1.54, 1.807) is 0 Å². The minimum Gasteiger partial charge on any atom is -0.463 e. The maximum absolute atomic E-state index is 12.7. The Morgan fingerprint density at radius 1 is 0.410 bits per heavy atom. The molecule has 0 aliphatic carbocycles. The van der Waals surface area contributed by atoms with Gasteiger partial charge in [-0.05, 0) is 44.6 Å². The highest BCUT2D eigenvalue weighted by Crippen LogP contribution is 2.34. The first-order valence-electron chi connectivity index (χ1n) is 24.4. The Kier molecular flexibility index (Phi) is 42.2. The van der Waals surface area contributed by atoms with Crippen LogP contribution < -0.4 is 0 Å². The Bertz CT molecular complexity index is 1030. The molecule has 1 aromatic carbocycles. The lowest BCUT2D eigenvalue weighted by Gasteiger charge is -2.27. The fourth-order valence-electron chi connectivity index (χ4n) is 6.92. The van der Waals surface area contributed by atoms with Gasteiger partial charge in [0.05, 0.1) is 118 Å². The third kappa shape index (κ3) is 38.5. The van der Waals surface area contributed by atoms with Gasteiger partial charge < -0.3 is 47.4 Å². The van der Waals surface area contributed by atoms with Gasteiger partial charge in [-0.2, -0.15) is 0 Å². The van der Waals surface area contributed by atoms with E-state index >= 15 is 0 Å². The number of esters is 1. The first-order chi connectivity index (χ1) is 30.0. The average molecular weight is 869 g/mol. The predicted octanol–water partition coefficient (Wildman–Crippen LogP) is 10.6. The van der Waals surface area contributed by atoms with Crippen molar-refractivity contribution in [1.82, 2.24) is 0 Å². The van der Waals surface area contributed by atoms with Crippen molar-refractivity contribution >= 4 is 5.97 Å². The number of rotatable bonds is 49. The number of ether oxygens (including phenoxy) is 10. The molecule has 11 heteroatoms. The van der Waals surface area contributed by atoms with Crippen molar-refractivity contribution in [3.05, 3.63) is 35.9 Å². The molecule has 0 aliphatic heterocycles. The third-order valence-corrected chi connectivity index (χ3v) is 10.7. The number of carbonyl (C=O) groups is 1. The van der Waals surface area contributed by atoms with Gasteiger partial charge in [0.2, 0.25) is 0 Å². The molecule has 1 unspecified atom stereocenters. The molecule has 0 heterocycles. The predicted molar refractivity (Wildman–Crippen MR) is 246 cm³/mol. The highest BCUT2D eigenvalue weighted by atomic mass is 16.6. The molecule has 0 spiro atoms. The van der Waals surface area contributed by atoms with Crippen molar-refractivity contribution < 1.29 is 52.2 Å². The fraction of sp³-hybridized carbons (Fsp3) is 0.860. The zero-order valence-electron chi connectivity index (χ0n) is 39.6. The van der Waals surface area contributed by atoms with E-state index in [0.29, 0.717) is 118 Å². The van der Waals surface area contributed by atoms with Crippen LogP contribution >= 0.6 is 0 Å². The number of benzene rings is 1. The smallest absolute Gasteiger partial charge is 0.311 e. The van der Waals surface area contributed by atoms with Gasteiger partial charge in [-0.3, -0.25) is 4.79 Å². The maximum Gasteiger partial charge on any atom is 0.311 e. The summed E-state index contributed by atoms with van der Waals surface area (Å²) in [5, 5.41) is 0. The van der Waals surface area contributed by atoms with E-state index in [-0.39, 0.29) is 12.6 Å². The highest BCUT2D eigenvalue weighted by molar-refractivity contribution is 5.76. The number of carbonyl (C=O) groups excluding carboxylic acids is 1. The summed E-state index contributed by atoms with van der Waals surface area (Å²) in [5.41, 5.74) is 0.692. The molecule has 0 amide bonds. The highest BCUT2D eigenvalue weighted by Gasteiger charge is 2.32. The summed E-state index contributed by atoms with van der Waals surface area (Å²) in [4.78, 5) is 12.7. The normalized spacial score (nSPS) is 12.3. The van der Waals surface area contributed by atoms with E-state index in [1.165, 1.54) is 102 Å². The van der Waals surface area contributed by atoms with Crippen LogP contribution in [0.15, 0.2) is 30.3 Å². The van der Waals surface area contributed by atoms with Gasteiger partial charge in [0, 0.05) is 6.61 Å². The lowest BCUT2D eigenvalue weighted by Crippen LogP contribution is -2.29. The molecule has 1 rings (SSSR count). The van der Waals surface area contributed by atoms with Crippen LogP contribution in [0.25, 0.3) is 0 Å². The van der Waals surface area contributed by atoms with Crippen molar-refractivity contribution in [2.75, 3.05) is 126 Å². The molecular formula is C50H92O11. The monoisotopic (exact) mass is 869 g/mol. The van der Waals surface area contributed by atoms with Gasteiger partial charge in [0.15, 0.2) is 0 Å². The standard InChI is InChI=1S/C50H92O11/c1-5-7-8-9-10-11-12-13-14-15-16-17-18-19-20-24-27-52-28-29-53-30-31-54-32-33-55-34-35-56-36-37-57-38-39-58-40-41-59-42-43-60-44-45-61-49(51)50(3,4)46-47(6-2)48-25-22-21-23-26-48/h21-23,25-26,47H,5-20,24,27-46H2,1-4H3. The largest absolute Gasteiger partial charge is 0.463 e. The molecule has 11 nitrogen and oxygen atoms in total. The number of hydrogen-bond acceptors (Lipinski definition) is 11. The molecule has 1 aromatic rings. The van der Waals surface area contributed by atoms with Crippen LogP contribution in [0.1, 0.15) is 155 Å². The van der Waals surface area contributed by atoms with E-state index in [4.69, 9.17) is 47.4 Å². The van der Waals surface area contributed by atoms with Crippen LogP contribution in [-0.4, -0.2) is 132 Å². The average Bonchev–Trinajstić information content (AvgIpc) is 3.27. The van der Waals surface area contributed by atoms with Crippen LogP contribution in [0, 0.1) is 5.41 Å². The minimum absolute atomic E-state index is 0.192. The molecule has 0 aromatic heterocycles. The van der Waals surface area contributed by atoms with Crippen molar-refractivity contribution in [3.8, 4) is 0 Å². The third-order valence-electron chi connectivity index (χ3n) is 10.7. The van der Waals surface area contributed by atoms with Gasteiger partial charge in [-0.15, -0.1) is 0 Å². The van der Waals surface area contributed by atoms with Crippen LogP contribution in [0.4, 0.5) is 0 Å². The maximum atomic E-state index is 12.7. The summed E-state index contributed by atoms with van der Waals surface area (Å²) in [6, 6.07) is 10.3. The second kappa shape index (κ2) is 44.9. The summed E-state index contributed by atoms with van der Waals surface area (Å²) in [7, 11) is 0. The van der Waals surface area contributed by atoms with E-state index in [1.807, 2.05) is 32.0 Å². The van der Waals surface area contributed by atoms with Gasteiger partial charge >= 0.3 is 5.97 Å². The molecule has 0 saturated carbocycles. The molecule has 0 radical (unpaired) electrons. The lowest BCUT2D eigenvalue weighted by molar-refractivity contribution is -0.156. The molecule has 61 heavy (non-hydrogen) atoms. The van der Waals surface area contributed by atoms with Crippen LogP contribution in [-0.2, 0) is 52.2 Å². The van der Waals surface area contributed by atoms with Crippen LogP contribution in [0.2, 0.25) is 0 Å². The molecule has 0 saturated heterocycles. The van der Waals surface area contributed by atoms with Crippen molar-refractivity contribution in [1.29, 1.82) is 0 Å². The van der Waals surface area contributed by atoms with Crippen LogP contribution in [0.3, 0.4) is 0 Å². The molecule has 358 valence electrons. The summed E-state index contributed by atoms with van der Waals surface area (Å²) < 4.78 is 55.6. The van der Waals surface area contributed by atoms with Gasteiger partial charge in [0.1, 0.15) is 6.61 Å². The molecule has 0 aliphatic rings. The number of hydrogen-bond donors (Lipinski definition) is 0. The first kappa shape index (κ1) is 57.3. The van der Waals surface area contributed by atoms with E-state index in [2.05, 4.69) is 26.0 Å². The zero-order chi connectivity index (χ0) is 44.0. The molecule has 0 fully saturated rings. The van der Waals surface area contributed by atoms with Crippen molar-refractivity contribution in [2.45, 2.75) is 149 Å². The second-order valence-corrected chi connectivity index (χ2v) is 16.6. The Hall–Kier alpha value is -1.67. The quantitative estimate of drug-likeness (QED) is 0.0461. The Balaban J connectivity index is 1.69. The summed E-state index contributed by atoms with van der Waals surface area (Å²) in [6.07, 6.45) is 23.9. The summed E-state index contributed by atoms with van der Waals surface area (Å²) in [5.74, 6) is 0.126. The fourth-order valence-corrected chi connectivity index (χ4v) is 6.92. The van der Waals surface area contributed by atoms with Gasteiger partial charge in [0.25, 0.3) is 0 Å². The molecule has 0 bridgehead atoms. The lowest BCUT2D eigenvalue weighted by atomic mass is 9.79. The Morgan fingerprint density at radius 2 is 0.705 bits per heavy atom. The van der Waals surface area contributed by atoms with E-state index in [9.17, 15) is 4.79 Å².